The number of hydrogen-bond acceptors (Lipinski definition) is 3. The third kappa shape index (κ3) is 3.75. The van der Waals surface area contributed by atoms with Gasteiger partial charge in [-0.3, -0.25) is 4.79 Å². The van der Waals surface area contributed by atoms with E-state index in [2.05, 4.69) is 0 Å². The number of amides is 1. The number of carbonyl (C=O) groups is 1. The lowest BCUT2D eigenvalue weighted by atomic mass is 10.2. The first kappa shape index (κ1) is 13.5. The molecule has 0 heterocycles. The van der Waals surface area contributed by atoms with Crippen molar-refractivity contribution >= 4 is 17.3 Å². The molecule has 1 unspecified atom stereocenters. The van der Waals surface area contributed by atoms with Gasteiger partial charge in [0.1, 0.15) is 0 Å². The van der Waals surface area contributed by atoms with Crippen LogP contribution in [0.15, 0.2) is 24.3 Å². The van der Waals surface area contributed by atoms with Gasteiger partial charge in [0.05, 0.1) is 17.5 Å². The standard InChI is InChI=1S/C13H20N2O2/c1-10(17-3)8-9-13(16)15(2)12-7-5-4-6-11(12)14/h4-7,10H,8-9,14H2,1-3H3. The van der Waals surface area contributed by atoms with Crippen LogP contribution in [0.5, 0.6) is 0 Å². The van der Waals surface area contributed by atoms with Crippen LogP contribution >= 0.6 is 0 Å². The summed E-state index contributed by atoms with van der Waals surface area (Å²) in [5, 5.41) is 0. The molecule has 0 saturated carbocycles. The Labute approximate surface area is 102 Å². The van der Waals surface area contributed by atoms with E-state index in [1.165, 1.54) is 0 Å². The maximum absolute atomic E-state index is 11.9. The molecule has 0 aliphatic carbocycles. The number of nitrogen functional groups attached to an aromatic ring is 1. The molecule has 1 atom stereocenters. The number of carbonyl (C=O) groups excluding carboxylic acids is 1. The second-order valence-electron chi connectivity index (χ2n) is 4.10. The molecule has 0 aliphatic rings. The van der Waals surface area contributed by atoms with Crippen molar-refractivity contribution in [2.45, 2.75) is 25.9 Å². The summed E-state index contributed by atoms with van der Waals surface area (Å²) < 4.78 is 5.11. The Hall–Kier alpha value is -1.55. The Morgan fingerprint density at radius 1 is 1.47 bits per heavy atom. The van der Waals surface area contributed by atoms with Gasteiger partial charge in [0, 0.05) is 20.6 Å². The van der Waals surface area contributed by atoms with E-state index >= 15 is 0 Å². The van der Waals surface area contributed by atoms with Crippen LogP contribution in [-0.4, -0.2) is 26.2 Å². The average Bonchev–Trinajstić information content (AvgIpc) is 2.35. The number of ether oxygens (including phenoxy) is 1. The lowest BCUT2D eigenvalue weighted by Crippen LogP contribution is -2.27. The smallest absolute Gasteiger partial charge is 0.226 e. The maximum Gasteiger partial charge on any atom is 0.226 e. The van der Waals surface area contributed by atoms with Crippen LogP contribution in [0.1, 0.15) is 19.8 Å². The second-order valence-corrected chi connectivity index (χ2v) is 4.10. The fourth-order valence-electron chi connectivity index (χ4n) is 1.54. The molecule has 0 saturated heterocycles. The first-order chi connectivity index (χ1) is 8.06. The van der Waals surface area contributed by atoms with Crippen molar-refractivity contribution < 1.29 is 9.53 Å². The molecule has 0 aliphatic heterocycles. The van der Waals surface area contributed by atoms with Gasteiger partial charge < -0.3 is 15.4 Å². The Kier molecular flexibility index (Phi) is 4.97. The number of para-hydroxylation sites is 2. The van der Waals surface area contributed by atoms with Crippen LogP contribution in [-0.2, 0) is 9.53 Å². The van der Waals surface area contributed by atoms with Crippen LogP contribution in [0, 0.1) is 0 Å². The number of benzene rings is 1. The van der Waals surface area contributed by atoms with E-state index in [-0.39, 0.29) is 12.0 Å². The van der Waals surface area contributed by atoms with Gasteiger partial charge in [-0.15, -0.1) is 0 Å². The average molecular weight is 236 g/mol. The predicted molar refractivity (Wildman–Crippen MR) is 70.0 cm³/mol. The zero-order valence-electron chi connectivity index (χ0n) is 10.6. The van der Waals surface area contributed by atoms with Gasteiger partial charge in [0.25, 0.3) is 0 Å². The number of anilines is 2. The minimum atomic E-state index is 0.0480. The largest absolute Gasteiger partial charge is 0.397 e. The van der Waals surface area contributed by atoms with Crippen molar-refractivity contribution in [3.8, 4) is 0 Å². The SMILES string of the molecule is COC(C)CCC(=O)N(C)c1ccccc1N. The Balaban J connectivity index is 2.61. The Morgan fingerprint density at radius 3 is 2.71 bits per heavy atom. The number of nitrogens with zero attached hydrogens (tertiary/aromatic N) is 1. The highest BCUT2D eigenvalue weighted by Crippen LogP contribution is 2.22. The molecular formula is C13H20N2O2. The van der Waals surface area contributed by atoms with Crippen LogP contribution in [0.3, 0.4) is 0 Å². The summed E-state index contributed by atoms with van der Waals surface area (Å²) in [4.78, 5) is 13.5. The van der Waals surface area contributed by atoms with Crippen molar-refractivity contribution in [2.75, 3.05) is 24.8 Å². The topological polar surface area (TPSA) is 55.6 Å². The molecule has 94 valence electrons. The minimum absolute atomic E-state index is 0.0480. The quantitative estimate of drug-likeness (QED) is 0.796. The fourth-order valence-corrected chi connectivity index (χ4v) is 1.54. The Morgan fingerprint density at radius 2 is 2.12 bits per heavy atom. The number of methoxy groups -OCH3 is 1. The molecular weight excluding hydrogens is 216 g/mol. The second kappa shape index (κ2) is 6.25. The summed E-state index contributed by atoms with van der Waals surface area (Å²) in [6, 6.07) is 7.35. The lowest BCUT2D eigenvalue weighted by molar-refractivity contribution is -0.118. The first-order valence-corrected chi connectivity index (χ1v) is 5.70. The summed E-state index contributed by atoms with van der Waals surface area (Å²) in [6.07, 6.45) is 1.27. The van der Waals surface area contributed by atoms with E-state index in [4.69, 9.17) is 10.5 Å². The van der Waals surface area contributed by atoms with Crippen molar-refractivity contribution in [2.24, 2.45) is 0 Å². The predicted octanol–water partition coefficient (Wildman–Crippen LogP) is 2.05. The van der Waals surface area contributed by atoms with Crippen LogP contribution in [0.25, 0.3) is 0 Å². The molecule has 1 aromatic carbocycles. The number of nitrogens with two attached hydrogens (primary N) is 1. The van der Waals surface area contributed by atoms with Gasteiger partial charge in [-0.25, -0.2) is 0 Å². The number of rotatable bonds is 5. The summed E-state index contributed by atoms with van der Waals surface area (Å²) in [6.45, 7) is 1.95. The minimum Gasteiger partial charge on any atom is -0.397 e. The molecule has 17 heavy (non-hydrogen) atoms. The van der Waals surface area contributed by atoms with E-state index in [9.17, 15) is 4.79 Å². The van der Waals surface area contributed by atoms with E-state index in [1.54, 1.807) is 25.1 Å². The normalized spacial score (nSPS) is 12.2. The van der Waals surface area contributed by atoms with Crippen LogP contribution < -0.4 is 10.6 Å². The Bertz CT molecular complexity index is 379. The molecule has 1 aromatic rings. The summed E-state index contributed by atoms with van der Waals surface area (Å²) in [7, 11) is 3.39. The van der Waals surface area contributed by atoms with Crippen molar-refractivity contribution in [3.05, 3.63) is 24.3 Å². The van der Waals surface area contributed by atoms with Crippen molar-refractivity contribution in [1.29, 1.82) is 0 Å². The molecule has 0 radical (unpaired) electrons. The van der Waals surface area contributed by atoms with Crippen molar-refractivity contribution in [3.63, 3.8) is 0 Å². The molecule has 4 nitrogen and oxygen atoms in total. The van der Waals surface area contributed by atoms with Crippen LogP contribution in [0.2, 0.25) is 0 Å². The highest BCUT2D eigenvalue weighted by atomic mass is 16.5. The maximum atomic E-state index is 11.9. The zero-order chi connectivity index (χ0) is 12.8. The summed E-state index contributed by atoms with van der Waals surface area (Å²) in [5.41, 5.74) is 7.19. The van der Waals surface area contributed by atoms with E-state index in [0.717, 1.165) is 5.69 Å². The van der Waals surface area contributed by atoms with Gasteiger partial charge in [-0.1, -0.05) is 12.1 Å². The fraction of sp³-hybridized carbons (Fsp3) is 0.462. The van der Waals surface area contributed by atoms with Crippen molar-refractivity contribution in [1.82, 2.24) is 0 Å². The molecule has 2 N–H and O–H groups in total. The molecule has 0 bridgehead atoms. The van der Waals surface area contributed by atoms with Crippen LogP contribution in [0.4, 0.5) is 11.4 Å². The monoisotopic (exact) mass is 236 g/mol. The van der Waals surface area contributed by atoms with E-state index in [1.807, 2.05) is 25.1 Å². The van der Waals surface area contributed by atoms with E-state index in [0.29, 0.717) is 18.5 Å². The van der Waals surface area contributed by atoms with Gasteiger partial charge >= 0.3 is 0 Å². The molecule has 0 fully saturated rings. The molecule has 1 amide bonds. The number of hydrogen-bond donors (Lipinski definition) is 1. The summed E-state index contributed by atoms with van der Waals surface area (Å²) in [5.74, 6) is 0.0480. The molecule has 0 spiro atoms. The van der Waals surface area contributed by atoms with E-state index < -0.39 is 0 Å². The van der Waals surface area contributed by atoms with Gasteiger partial charge in [-0.05, 0) is 25.5 Å². The zero-order valence-corrected chi connectivity index (χ0v) is 10.6. The molecule has 1 rings (SSSR count). The highest BCUT2D eigenvalue weighted by Gasteiger charge is 2.13. The highest BCUT2D eigenvalue weighted by molar-refractivity contribution is 5.95. The van der Waals surface area contributed by atoms with Gasteiger partial charge in [0.2, 0.25) is 5.91 Å². The molecule has 0 aromatic heterocycles. The molecule has 4 heteroatoms. The van der Waals surface area contributed by atoms with Gasteiger partial charge in [-0.2, -0.15) is 0 Å². The lowest BCUT2D eigenvalue weighted by Gasteiger charge is -2.19. The van der Waals surface area contributed by atoms with Gasteiger partial charge in [0.15, 0.2) is 0 Å². The third-order valence-electron chi connectivity index (χ3n) is 2.84. The summed E-state index contributed by atoms with van der Waals surface area (Å²) >= 11 is 0. The third-order valence-corrected chi connectivity index (χ3v) is 2.84. The first-order valence-electron chi connectivity index (χ1n) is 5.70.